The predicted octanol–water partition coefficient (Wildman–Crippen LogP) is 0.179. The molecule has 2 fully saturated rings. The lowest BCUT2D eigenvalue weighted by Crippen LogP contribution is -2.44. The van der Waals surface area contributed by atoms with Crippen molar-refractivity contribution in [3.05, 3.63) is 0 Å². The van der Waals surface area contributed by atoms with Gasteiger partial charge in [-0.15, -0.1) is 0 Å². The maximum Gasteiger partial charge on any atom is 0.216 e. The first kappa shape index (κ1) is 13.3. The second kappa shape index (κ2) is 5.65. The molecule has 5 nitrogen and oxygen atoms in total. The fourth-order valence-electron chi connectivity index (χ4n) is 2.56. The summed E-state index contributed by atoms with van der Waals surface area (Å²) in [4.78, 5) is 0. The third kappa shape index (κ3) is 3.19. The van der Waals surface area contributed by atoms with Crippen LogP contribution in [0, 0.1) is 0 Å². The van der Waals surface area contributed by atoms with E-state index < -0.39 is 10.0 Å². The summed E-state index contributed by atoms with van der Waals surface area (Å²) >= 11 is 0. The van der Waals surface area contributed by atoms with Crippen molar-refractivity contribution >= 4 is 10.0 Å². The van der Waals surface area contributed by atoms with Gasteiger partial charge < -0.3 is 10.1 Å². The van der Waals surface area contributed by atoms with Crippen LogP contribution in [0.4, 0.5) is 0 Å². The van der Waals surface area contributed by atoms with Crippen molar-refractivity contribution in [2.75, 3.05) is 33.4 Å². The number of ether oxygens (including phenoxy) is 1. The van der Waals surface area contributed by atoms with Crippen molar-refractivity contribution in [2.24, 2.45) is 0 Å². The monoisotopic (exact) mass is 262 g/mol. The Hall–Kier alpha value is -0.170. The van der Waals surface area contributed by atoms with Crippen LogP contribution in [0.2, 0.25) is 0 Å². The van der Waals surface area contributed by atoms with E-state index in [1.165, 1.54) is 4.31 Å². The molecule has 6 heteroatoms. The Morgan fingerprint density at radius 1 is 1.29 bits per heavy atom. The molecule has 0 aromatic rings. The number of hydrogen-bond acceptors (Lipinski definition) is 4. The van der Waals surface area contributed by atoms with Gasteiger partial charge in [-0.3, -0.25) is 0 Å². The third-order valence-corrected chi connectivity index (χ3v) is 6.00. The molecule has 0 aromatic carbocycles. The van der Waals surface area contributed by atoms with Gasteiger partial charge in [0, 0.05) is 32.8 Å². The van der Waals surface area contributed by atoms with Crippen LogP contribution in [0.25, 0.3) is 0 Å². The van der Waals surface area contributed by atoms with Gasteiger partial charge in [0.05, 0.1) is 5.25 Å². The van der Waals surface area contributed by atoms with E-state index in [1.54, 1.807) is 7.05 Å². The van der Waals surface area contributed by atoms with Gasteiger partial charge in [-0.25, -0.2) is 12.7 Å². The molecular formula is C11H22N2O3S. The van der Waals surface area contributed by atoms with E-state index >= 15 is 0 Å². The minimum absolute atomic E-state index is 0.248. The Labute approximate surface area is 104 Å². The minimum atomic E-state index is -3.14. The SMILES string of the molecule is CN(CC1CCCN1)S(=O)(=O)C1CCOCC1. The molecule has 100 valence electrons. The van der Waals surface area contributed by atoms with E-state index in [2.05, 4.69) is 5.32 Å². The Balaban J connectivity index is 1.93. The number of rotatable bonds is 4. The van der Waals surface area contributed by atoms with Crippen LogP contribution in [0.15, 0.2) is 0 Å². The highest BCUT2D eigenvalue weighted by molar-refractivity contribution is 7.89. The maximum absolute atomic E-state index is 12.3. The summed E-state index contributed by atoms with van der Waals surface area (Å²) in [6.45, 7) is 2.74. The normalized spacial score (nSPS) is 27.8. The Morgan fingerprint density at radius 2 is 2.00 bits per heavy atom. The van der Waals surface area contributed by atoms with Gasteiger partial charge in [-0.1, -0.05) is 0 Å². The molecule has 0 spiro atoms. The second-order valence-electron chi connectivity index (χ2n) is 4.93. The smallest absolute Gasteiger partial charge is 0.216 e. The molecule has 2 aliphatic rings. The zero-order chi connectivity index (χ0) is 12.3. The van der Waals surface area contributed by atoms with Gasteiger partial charge in [-0.2, -0.15) is 0 Å². The fourth-order valence-corrected chi connectivity index (χ4v) is 4.24. The maximum atomic E-state index is 12.3. The molecular weight excluding hydrogens is 240 g/mol. The van der Waals surface area contributed by atoms with Crippen molar-refractivity contribution < 1.29 is 13.2 Å². The first-order valence-electron chi connectivity index (χ1n) is 6.37. The molecule has 1 atom stereocenters. The van der Waals surface area contributed by atoms with Crippen molar-refractivity contribution in [1.29, 1.82) is 0 Å². The summed E-state index contributed by atoms with van der Waals surface area (Å²) in [5, 5.41) is 3.08. The fraction of sp³-hybridized carbons (Fsp3) is 1.00. The molecule has 1 N–H and O–H groups in total. The van der Waals surface area contributed by atoms with Gasteiger partial charge >= 0.3 is 0 Å². The van der Waals surface area contributed by atoms with E-state index in [0.29, 0.717) is 38.6 Å². The zero-order valence-electron chi connectivity index (χ0n) is 10.4. The first-order valence-corrected chi connectivity index (χ1v) is 7.87. The van der Waals surface area contributed by atoms with Gasteiger partial charge in [0.15, 0.2) is 0 Å². The van der Waals surface area contributed by atoms with E-state index in [1.807, 2.05) is 0 Å². The van der Waals surface area contributed by atoms with Crippen LogP contribution in [-0.2, 0) is 14.8 Å². The summed E-state index contributed by atoms with van der Waals surface area (Å²) in [6.07, 6.45) is 3.49. The molecule has 1 unspecified atom stereocenters. The number of sulfonamides is 1. The average Bonchev–Trinajstić information content (AvgIpc) is 2.83. The number of nitrogens with zero attached hydrogens (tertiary/aromatic N) is 1. The summed E-state index contributed by atoms with van der Waals surface area (Å²) in [6, 6.07) is 0.328. The largest absolute Gasteiger partial charge is 0.381 e. The molecule has 0 amide bonds. The van der Waals surface area contributed by atoms with Crippen molar-refractivity contribution in [2.45, 2.75) is 37.0 Å². The van der Waals surface area contributed by atoms with E-state index in [4.69, 9.17) is 4.74 Å². The van der Waals surface area contributed by atoms with Gasteiger partial charge in [-0.05, 0) is 32.2 Å². The molecule has 2 heterocycles. The lowest BCUT2D eigenvalue weighted by molar-refractivity contribution is 0.0973. The number of hydrogen-bond donors (Lipinski definition) is 1. The molecule has 0 bridgehead atoms. The molecule has 2 saturated heterocycles. The standard InChI is InChI=1S/C11H22N2O3S/c1-13(9-10-3-2-6-12-10)17(14,15)11-4-7-16-8-5-11/h10-12H,2-9H2,1H3. The Kier molecular flexibility index (Phi) is 4.41. The molecule has 0 aromatic heterocycles. The third-order valence-electron chi connectivity index (χ3n) is 3.66. The lowest BCUT2D eigenvalue weighted by Gasteiger charge is -2.28. The summed E-state index contributed by atoms with van der Waals surface area (Å²) in [7, 11) is -1.44. The molecule has 0 saturated carbocycles. The quantitative estimate of drug-likeness (QED) is 0.785. The van der Waals surface area contributed by atoms with Crippen molar-refractivity contribution in [1.82, 2.24) is 9.62 Å². The van der Waals surface area contributed by atoms with E-state index in [-0.39, 0.29) is 5.25 Å². The topological polar surface area (TPSA) is 58.6 Å². The highest BCUT2D eigenvalue weighted by Gasteiger charge is 2.32. The number of nitrogens with one attached hydrogen (secondary N) is 1. The second-order valence-corrected chi connectivity index (χ2v) is 7.25. The Bertz CT molecular complexity index is 333. The van der Waals surface area contributed by atoms with Crippen LogP contribution in [0.5, 0.6) is 0 Å². The zero-order valence-corrected chi connectivity index (χ0v) is 11.2. The molecule has 0 aliphatic carbocycles. The first-order chi connectivity index (χ1) is 8.10. The molecule has 17 heavy (non-hydrogen) atoms. The summed E-state index contributed by atoms with van der Waals surface area (Å²) in [5.74, 6) is 0. The van der Waals surface area contributed by atoms with Crippen molar-refractivity contribution in [3.8, 4) is 0 Å². The molecule has 2 aliphatic heterocycles. The van der Waals surface area contributed by atoms with Crippen LogP contribution < -0.4 is 5.32 Å². The highest BCUT2D eigenvalue weighted by atomic mass is 32.2. The predicted molar refractivity (Wildman–Crippen MR) is 66.4 cm³/mol. The van der Waals surface area contributed by atoms with Crippen molar-refractivity contribution in [3.63, 3.8) is 0 Å². The minimum Gasteiger partial charge on any atom is -0.381 e. The van der Waals surface area contributed by atoms with Gasteiger partial charge in [0.2, 0.25) is 10.0 Å². The van der Waals surface area contributed by atoms with E-state index in [0.717, 1.165) is 19.4 Å². The van der Waals surface area contributed by atoms with Crippen LogP contribution in [0.1, 0.15) is 25.7 Å². The van der Waals surface area contributed by atoms with Gasteiger partial charge in [0.1, 0.15) is 0 Å². The number of likely N-dealkylation sites (N-methyl/N-ethyl adjacent to an activating group) is 1. The highest BCUT2D eigenvalue weighted by Crippen LogP contribution is 2.19. The Morgan fingerprint density at radius 3 is 2.59 bits per heavy atom. The lowest BCUT2D eigenvalue weighted by atomic mass is 10.2. The van der Waals surface area contributed by atoms with Gasteiger partial charge in [0.25, 0.3) is 0 Å². The van der Waals surface area contributed by atoms with Crippen LogP contribution in [-0.4, -0.2) is 57.4 Å². The van der Waals surface area contributed by atoms with Crippen LogP contribution in [0.3, 0.4) is 0 Å². The summed E-state index contributed by atoms with van der Waals surface area (Å²) in [5.41, 5.74) is 0. The van der Waals surface area contributed by atoms with E-state index in [9.17, 15) is 8.42 Å². The average molecular weight is 262 g/mol. The molecule has 0 radical (unpaired) electrons. The molecule has 2 rings (SSSR count). The summed E-state index contributed by atoms with van der Waals surface area (Å²) < 4.78 is 31.4. The van der Waals surface area contributed by atoms with Crippen LogP contribution >= 0.6 is 0 Å².